The van der Waals surface area contributed by atoms with Crippen LogP contribution in [0.3, 0.4) is 0 Å². The standard InChI is InChI=1S/C22H22N7O.K/c1-15(23-7-8-24-19-12-28(2)13-19)16-5-4-6-18(9-16)27-22(30)17-10-20-21(25-11-17)26-14-29(20)3;/h4-6,8-15,23H,1-3H3,(H,27,30);/q-1;+1. The van der Waals surface area contributed by atoms with Crippen molar-refractivity contribution in [2.24, 2.45) is 12.0 Å². The predicted molar refractivity (Wildman–Crippen MR) is 116 cm³/mol. The second-order valence-corrected chi connectivity index (χ2v) is 7.12. The molecule has 1 atom stereocenters. The van der Waals surface area contributed by atoms with Crippen LogP contribution < -0.4 is 62.0 Å². The van der Waals surface area contributed by atoms with Crippen LogP contribution in [0.4, 0.5) is 5.69 Å². The van der Waals surface area contributed by atoms with Crippen LogP contribution >= 0.6 is 0 Å². The van der Waals surface area contributed by atoms with Gasteiger partial charge in [-0.15, -0.1) is 6.20 Å². The Kier molecular flexibility index (Phi) is 7.79. The van der Waals surface area contributed by atoms with Crippen LogP contribution in [-0.2, 0) is 7.05 Å². The van der Waals surface area contributed by atoms with Crippen molar-refractivity contribution in [3.8, 4) is 0 Å². The monoisotopic (exact) mass is 439 g/mol. The molecular weight excluding hydrogens is 417 g/mol. The van der Waals surface area contributed by atoms with Crippen molar-refractivity contribution in [3.63, 3.8) is 0 Å². The summed E-state index contributed by atoms with van der Waals surface area (Å²) in [4.78, 5) is 25.3. The predicted octanol–water partition coefficient (Wildman–Crippen LogP) is -0.521. The molecule has 9 heteroatoms. The maximum Gasteiger partial charge on any atom is 1.00 e. The van der Waals surface area contributed by atoms with Crippen molar-refractivity contribution in [1.82, 2.24) is 19.9 Å². The summed E-state index contributed by atoms with van der Waals surface area (Å²) in [7, 11) is 3.82. The maximum absolute atomic E-state index is 12.7. The number of rotatable bonds is 6. The normalized spacial score (nSPS) is 15.1. The molecule has 31 heavy (non-hydrogen) atoms. The molecule has 3 aromatic rings. The van der Waals surface area contributed by atoms with E-state index in [9.17, 15) is 4.79 Å². The molecule has 152 valence electrons. The van der Waals surface area contributed by atoms with Gasteiger partial charge in [0, 0.05) is 25.0 Å². The molecule has 2 N–H and O–H groups in total. The molecule has 1 aromatic carbocycles. The van der Waals surface area contributed by atoms with Gasteiger partial charge >= 0.3 is 51.4 Å². The summed E-state index contributed by atoms with van der Waals surface area (Å²) in [6.45, 7) is 3.94. The van der Waals surface area contributed by atoms with E-state index in [2.05, 4.69) is 31.8 Å². The number of aryl methyl sites for hydroxylation is 1. The van der Waals surface area contributed by atoms with Crippen LogP contribution in [-0.4, -0.2) is 44.0 Å². The molecule has 1 aliphatic rings. The van der Waals surface area contributed by atoms with E-state index in [1.807, 2.05) is 67.2 Å². The Hall–Kier alpha value is -2.30. The van der Waals surface area contributed by atoms with Gasteiger partial charge in [0.25, 0.3) is 5.91 Å². The SMILES string of the molecule is CC(N[C-]=CN=C1C=[N+](C)[CH-]1)c1cccc(NC(=O)c2cnc3ncn(C)c3c2)c1.[K+]. The Morgan fingerprint density at radius 3 is 2.94 bits per heavy atom. The summed E-state index contributed by atoms with van der Waals surface area (Å²) in [5.41, 5.74) is 4.54. The molecule has 0 fully saturated rings. The molecule has 0 saturated carbocycles. The van der Waals surface area contributed by atoms with Crippen molar-refractivity contribution < 1.29 is 60.8 Å². The zero-order valence-corrected chi connectivity index (χ0v) is 21.1. The van der Waals surface area contributed by atoms with E-state index in [1.54, 1.807) is 18.6 Å². The van der Waals surface area contributed by atoms with Crippen LogP contribution in [0.2, 0.25) is 0 Å². The average Bonchev–Trinajstić information content (AvgIpc) is 3.10. The van der Waals surface area contributed by atoms with Gasteiger partial charge in [0.2, 0.25) is 0 Å². The third kappa shape index (κ3) is 5.69. The number of amides is 1. The van der Waals surface area contributed by atoms with Gasteiger partial charge in [0.15, 0.2) is 5.65 Å². The zero-order chi connectivity index (χ0) is 21.1. The number of carbonyl (C=O) groups is 1. The minimum absolute atomic E-state index is 0. The summed E-state index contributed by atoms with van der Waals surface area (Å²) in [5.74, 6) is -0.219. The molecule has 0 aliphatic carbocycles. The van der Waals surface area contributed by atoms with E-state index in [0.29, 0.717) is 16.9 Å². The number of pyridine rings is 1. The molecule has 0 saturated heterocycles. The number of fused-ring (bicyclic) bond motifs is 1. The van der Waals surface area contributed by atoms with Gasteiger partial charge in [0.05, 0.1) is 35.9 Å². The minimum atomic E-state index is -0.219. The van der Waals surface area contributed by atoms with Crippen molar-refractivity contribution in [2.45, 2.75) is 13.0 Å². The van der Waals surface area contributed by atoms with Gasteiger partial charge in [-0.3, -0.25) is 4.79 Å². The van der Waals surface area contributed by atoms with Crippen molar-refractivity contribution >= 4 is 34.7 Å². The summed E-state index contributed by atoms with van der Waals surface area (Å²) < 4.78 is 3.77. The van der Waals surface area contributed by atoms with E-state index in [-0.39, 0.29) is 63.3 Å². The second-order valence-electron chi connectivity index (χ2n) is 7.12. The topological polar surface area (TPSA) is 87.2 Å². The zero-order valence-electron chi connectivity index (χ0n) is 18.0. The molecule has 0 spiro atoms. The number of nitrogens with zero attached hydrogens (tertiary/aromatic N) is 5. The molecule has 4 rings (SSSR count). The quantitative estimate of drug-likeness (QED) is 0.234. The van der Waals surface area contributed by atoms with E-state index in [0.717, 1.165) is 16.8 Å². The third-order valence-corrected chi connectivity index (χ3v) is 4.74. The molecule has 1 amide bonds. The van der Waals surface area contributed by atoms with Gasteiger partial charge in [-0.05, 0) is 30.7 Å². The van der Waals surface area contributed by atoms with Crippen LogP contribution in [0.1, 0.15) is 28.9 Å². The van der Waals surface area contributed by atoms with Gasteiger partial charge < -0.3 is 31.0 Å². The Balaban J connectivity index is 0.00000272. The Labute approximate surface area is 223 Å². The van der Waals surface area contributed by atoms with Crippen LogP contribution in [0, 0.1) is 12.7 Å². The van der Waals surface area contributed by atoms with Gasteiger partial charge in [-0.2, -0.15) is 0 Å². The number of aromatic nitrogens is 3. The van der Waals surface area contributed by atoms with Crippen molar-refractivity contribution in [2.75, 3.05) is 12.4 Å². The molecule has 2 aromatic heterocycles. The molecule has 3 heterocycles. The molecule has 0 radical (unpaired) electrons. The first-order valence-electron chi connectivity index (χ1n) is 9.50. The number of hydrogen-bond donors (Lipinski definition) is 2. The fraction of sp³-hybridized carbons (Fsp3) is 0.182. The van der Waals surface area contributed by atoms with E-state index in [1.165, 1.54) is 6.20 Å². The largest absolute Gasteiger partial charge is 1.00 e. The fourth-order valence-corrected chi connectivity index (χ4v) is 3.05. The molecular formula is C22H22KN7O. The van der Waals surface area contributed by atoms with E-state index < -0.39 is 0 Å². The number of anilines is 1. The third-order valence-electron chi connectivity index (χ3n) is 4.74. The molecule has 1 unspecified atom stereocenters. The number of aliphatic imine (C=N–C) groups is 1. The van der Waals surface area contributed by atoms with Gasteiger partial charge in [-0.25, -0.2) is 9.97 Å². The number of imidazole rings is 1. The number of nitrogens with one attached hydrogen (secondary N) is 2. The Morgan fingerprint density at radius 2 is 2.16 bits per heavy atom. The van der Waals surface area contributed by atoms with Gasteiger partial charge in [-0.1, -0.05) is 12.1 Å². The molecule has 8 nitrogen and oxygen atoms in total. The van der Waals surface area contributed by atoms with Crippen molar-refractivity contribution in [1.29, 1.82) is 0 Å². The summed E-state index contributed by atoms with van der Waals surface area (Å²) in [6.07, 6.45) is 9.73. The first-order chi connectivity index (χ1) is 14.5. The number of benzene rings is 1. The summed E-state index contributed by atoms with van der Waals surface area (Å²) >= 11 is 0. The summed E-state index contributed by atoms with van der Waals surface area (Å²) in [6, 6.07) is 9.48. The minimum Gasteiger partial charge on any atom is -0.560 e. The van der Waals surface area contributed by atoms with Crippen LogP contribution in [0.15, 0.2) is 54.0 Å². The first-order valence-corrected chi connectivity index (χ1v) is 9.50. The number of carbonyl (C=O) groups excluding carboxylic acids is 1. The second kappa shape index (κ2) is 10.3. The fourth-order valence-electron chi connectivity index (χ4n) is 3.05. The van der Waals surface area contributed by atoms with E-state index in [4.69, 9.17) is 0 Å². The van der Waals surface area contributed by atoms with Crippen LogP contribution in [0.5, 0.6) is 0 Å². The molecule has 1 aliphatic heterocycles. The van der Waals surface area contributed by atoms with Gasteiger partial charge in [0.1, 0.15) is 7.05 Å². The Morgan fingerprint density at radius 1 is 1.35 bits per heavy atom. The summed E-state index contributed by atoms with van der Waals surface area (Å²) in [5, 5.41) is 6.09. The van der Waals surface area contributed by atoms with Crippen LogP contribution in [0.25, 0.3) is 11.2 Å². The Bertz CT molecular complexity index is 1200. The smallest absolute Gasteiger partial charge is 0.560 e. The van der Waals surface area contributed by atoms with Crippen molar-refractivity contribution in [3.05, 3.63) is 72.9 Å². The molecule has 0 bridgehead atoms. The average molecular weight is 440 g/mol. The maximum atomic E-state index is 12.7. The first kappa shape index (κ1) is 23.4. The van der Waals surface area contributed by atoms with E-state index >= 15 is 0 Å². The number of hydrogen-bond acceptors (Lipinski definition) is 5.